The molecule has 3 rings (SSSR count). The van der Waals surface area contributed by atoms with Gasteiger partial charge in [-0.1, -0.05) is 116 Å². The van der Waals surface area contributed by atoms with E-state index in [1.165, 1.54) is 15.9 Å². The molecule has 0 heterocycles. The predicted molar refractivity (Wildman–Crippen MR) is 123 cm³/mol. The third-order valence-corrected chi connectivity index (χ3v) is 10.5. The van der Waals surface area contributed by atoms with E-state index in [0.29, 0.717) is 11.1 Å². The Kier molecular flexibility index (Phi) is 5.64. The molecule has 140 valence electrons. The fourth-order valence-electron chi connectivity index (χ4n) is 3.63. The van der Waals surface area contributed by atoms with Gasteiger partial charge in [0.1, 0.15) is 13.8 Å². The maximum atomic E-state index is 11.2. The molecule has 0 unspecified atom stereocenters. The van der Waals surface area contributed by atoms with Crippen LogP contribution in [0.25, 0.3) is 0 Å². The summed E-state index contributed by atoms with van der Waals surface area (Å²) in [5.74, 6) is 0.432. The minimum absolute atomic E-state index is 0.0159. The normalized spacial score (nSPS) is 12.2. The molecule has 0 aliphatic rings. The number of aromatic hydroxyl groups is 1. The van der Waals surface area contributed by atoms with E-state index in [0.717, 1.165) is 10.8 Å². The van der Waals surface area contributed by atoms with Crippen LogP contribution in [0.1, 0.15) is 31.9 Å². The smallest absolute Gasteiger partial charge is 0.150 e. The van der Waals surface area contributed by atoms with Gasteiger partial charge < -0.3 is 5.11 Å². The molecule has 1 N–H and O–H groups in total. The molecule has 0 atom stereocenters. The maximum Gasteiger partial charge on any atom is 0.150 e. The fraction of sp³-hybridized carbons (Fsp3) is 0.250. The zero-order valence-corrected chi connectivity index (χ0v) is 19.0. The van der Waals surface area contributed by atoms with Gasteiger partial charge in [-0.2, -0.15) is 0 Å². The molecule has 3 aromatic carbocycles. The Morgan fingerprint density at radius 3 is 1.74 bits per heavy atom. The van der Waals surface area contributed by atoms with Crippen molar-refractivity contribution in [3.63, 3.8) is 0 Å². The van der Waals surface area contributed by atoms with E-state index in [4.69, 9.17) is 0 Å². The molecular weight excluding hydrogens is 412 g/mol. The highest BCUT2D eigenvalue weighted by Crippen LogP contribution is 2.29. The molecule has 0 aliphatic heterocycles. The zero-order chi connectivity index (χ0) is 19.7. The first kappa shape index (κ1) is 19.9. The Hall–Kier alpha value is -1.84. The van der Waals surface area contributed by atoms with Crippen LogP contribution in [0.15, 0.2) is 72.8 Å². The van der Waals surface area contributed by atoms with Crippen molar-refractivity contribution in [2.24, 2.45) is 0 Å². The van der Waals surface area contributed by atoms with E-state index >= 15 is 0 Å². The molecule has 0 bridgehead atoms. The van der Waals surface area contributed by atoms with E-state index in [-0.39, 0.29) is 5.41 Å². The summed E-state index contributed by atoms with van der Waals surface area (Å²) in [6.07, 6.45) is 0. The largest absolute Gasteiger partial charge is 0.508 e. The first-order chi connectivity index (χ1) is 12.8. The third-order valence-electron chi connectivity index (χ3n) is 5.44. The van der Waals surface area contributed by atoms with Crippen LogP contribution in [0.5, 0.6) is 5.75 Å². The Labute approximate surface area is 172 Å². The van der Waals surface area contributed by atoms with E-state index in [9.17, 15) is 5.11 Å². The van der Waals surface area contributed by atoms with Crippen LogP contribution >= 0.6 is 15.9 Å². The molecule has 0 aliphatic carbocycles. The van der Waals surface area contributed by atoms with Crippen molar-refractivity contribution >= 4 is 39.6 Å². The highest BCUT2D eigenvalue weighted by molar-refractivity contribution is 9.08. The van der Waals surface area contributed by atoms with Crippen molar-refractivity contribution in [1.29, 1.82) is 0 Å². The number of hydrogen-bond acceptors (Lipinski definition) is 1. The second-order valence-electron chi connectivity index (χ2n) is 8.27. The van der Waals surface area contributed by atoms with Crippen LogP contribution in [0, 0.1) is 0 Å². The Bertz CT molecular complexity index is 875. The highest BCUT2D eigenvalue weighted by Gasteiger charge is 2.37. The van der Waals surface area contributed by atoms with Crippen LogP contribution in [0.2, 0.25) is 6.55 Å². The fourth-order valence-corrected chi connectivity index (χ4v) is 7.81. The monoisotopic (exact) mass is 438 g/mol. The molecule has 0 saturated carbocycles. The minimum atomic E-state index is -2.35. The number of rotatable bonds is 4. The minimum Gasteiger partial charge on any atom is -0.508 e. The van der Waals surface area contributed by atoms with Gasteiger partial charge in [-0.15, -0.1) is 0 Å². The lowest BCUT2D eigenvalue weighted by molar-refractivity contribution is 0.473. The molecule has 27 heavy (non-hydrogen) atoms. The molecule has 3 heteroatoms. The summed E-state index contributed by atoms with van der Waals surface area (Å²) >= 11 is 3.58. The molecule has 0 radical (unpaired) electrons. The zero-order valence-electron chi connectivity index (χ0n) is 16.5. The van der Waals surface area contributed by atoms with Crippen LogP contribution in [0.4, 0.5) is 0 Å². The lowest BCUT2D eigenvalue weighted by atomic mass is 9.86. The maximum absolute atomic E-state index is 11.2. The van der Waals surface area contributed by atoms with Crippen molar-refractivity contribution in [2.75, 3.05) is 0 Å². The van der Waals surface area contributed by atoms with E-state index in [1.807, 2.05) is 0 Å². The second-order valence-corrected chi connectivity index (χ2v) is 12.8. The molecule has 0 fully saturated rings. The van der Waals surface area contributed by atoms with Crippen LogP contribution in [-0.2, 0) is 10.7 Å². The summed E-state index contributed by atoms with van der Waals surface area (Å²) in [5, 5.41) is 15.6. The summed E-state index contributed by atoms with van der Waals surface area (Å²) < 4.78 is 0. The lowest BCUT2D eigenvalue weighted by Crippen LogP contribution is -2.65. The molecule has 0 amide bonds. The van der Waals surface area contributed by atoms with Gasteiger partial charge in [0.15, 0.2) is 0 Å². The molecule has 1 nitrogen and oxygen atoms in total. The van der Waals surface area contributed by atoms with Crippen molar-refractivity contribution in [1.82, 2.24) is 0 Å². The number of halogens is 1. The topological polar surface area (TPSA) is 20.2 Å². The summed E-state index contributed by atoms with van der Waals surface area (Å²) in [7, 11) is -2.35. The van der Waals surface area contributed by atoms with Gasteiger partial charge in [0.25, 0.3) is 0 Å². The number of hydrogen-bond donors (Lipinski definition) is 1. The van der Waals surface area contributed by atoms with Crippen LogP contribution in [0.3, 0.4) is 0 Å². The number of alkyl halides is 1. The van der Waals surface area contributed by atoms with Crippen molar-refractivity contribution in [3.8, 4) is 5.75 Å². The van der Waals surface area contributed by atoms with Gasteiger partial charge in [0.05, 0.1) is 0 Å². The van der Waals surface area contributed by atoms with Gasteiger partial charge >= 0.3 is 0 Å². The van der Waals surface area contributed by atoms with Crippen LogP contribution in [-0.4, -0.2) is 13.2 Å². The van der Waals surface area contributed by atoms with Crippen molar-refractivity contribution in [3.05, 3.63) is 83.9 Å². The summed E-state index contributed by atoms with van der Waals surface area (Å²) in [6.45, 7) is 9.03. The van der Waals surface area contributed by atoms with Gasteiger partial charge in [-0.25, -0.2) is 0 Å². The van der Waals surface area contributed by atoms with Gasteiger partial charge in [-0.3, -0.25) is 0 Å². The Morgan fingerprint density at radius 2 is 1.33 bits per heavy atom. The molecule has 0 saturated heterocycles. The van der Waals surface area contributed by atoms with E-state index < -0.39 is 8.07 Å². The molecule has 3 aromatic rings. The van der Waals surface area contributed by atoms with Gasteiger partial charge in [0.2, 0.25) is 0 Å². The first-order valence-corrected chi connectivity index (χ1v) is 12.9. The number of phenolic OH excluding ortho intramolecular Hbond substituents is 1. The number of benzene rings is 3. The highest BCUT2D eigenvalue weighted by atomic mass is 79.9. The lowest BCUT2D eigenvalue weighted by Gasteiger charge is -2.32. The van der Waals surface area contributed by atoms with Gasteiger partial charge in [0, 0.05) is 10.9 Å². The number of phenols is 1. The average Bonchev–Trinajstić information content (AvgIpc) is 2.68. The summed E-state index contributed by atoms with van der Waals surface area (Å²) in [5.41, 5.74) is 2.24. The standard InChI is InChI=1S/C24H27BrOSi/c1-24(2,3)19-15-18(17-25)23(26)22(16-19)27(4,20-11-7-5-8-12-20)21-13-9-6-10-14-21/h5-16,26H,17H2,1-4H3. The van der Waals surface area contributed by atoms with E-state index in [1.54, 1.807) is 0 Å². The van der Waals surface area contributed by atoms with E-state index in [2.05, 4.69) is 116 Å². The summed E-state index contributed by atoms with van der Waals surface area (Å²) in [6, 6.07) is 25.7. The third kappa shape index (κ3) is 3.76. The Morgan fingerprint density at radius 1 is 0.852 bits per heavy atom. The average molecular weight is 439 g/mol. The predicted octanol–water partition coefficient (Wildman–Crippen LogP) is 4.68. The quantitative estimate of drug-likeness (QED) is 0.356. The first-order valence-electron chi connectivity index (χ1n) is 9.32. The molecule has 0 aromatic heterocycles. The van der Waals surface area contributed by atoms with Crippen LogP contribution < -0.4 is 15.6 Å². The van der Waals surface area contributed by atoms with Crippen molar-refractivity contribution < 1.29 is 5.11 Å². The molecular formula is C24H27BrOSi. The second kappa shape index (κ2) is 7.65. The molecule has 0 spiro atoms. The van der Waals surface area contributed by atoms with Gasteiger partial charge in [-0.05, 0) is 26.5 Å². The summed E-state index contributed by atoms with van der Waals surface area (Å²) in [4.78, 5) is 0. The van der Waals surface area contributed by atoms with Crippen molar-refractivity contribution in [2.45, 2.75) is 38.1 Å². The SMILES string of the molecule is CC(C)(C)c1cc(CBr)c(O)c([Si](C)(c2ccccc2)c2ccccc2)c1. The Balaban J connectivity index is 2.38.